The van der Waals surface area contributed by atoms with Crippen LogP contribution in [0.5, 0.6) is 0 Å². The molecule has 5 nitrogen and oxygen atoms in total. The number of piperidine rings is 1. The van der Waals surface area contributed by atoms with E-state index in [-0.39, 0.29) is 23.4 Å². The van der Waals surface area contributed by atoms with Gasteiger partial charge in [0.2, 0.25) is 5.91 Å². The summed E-state index contributed by atoms with van der Waals surface area (Å²) >= 11 is 3.38. The number of nitrogens with zero attached hydrogens (tertiary/aromatic N) is 1. The molecule has 168 valence electrons. The van der Waals surface area contributed by atoms with Gasteiger partial charge in [0.25, 0.3) is 5.91 Å². The summed E-state index contributed by atoms with van der Waals surface area (Å²) in [7, 11) is -4.00. The average molecular weight is 524 g/mol. The highest BCUT2D eigenvalue weighted by atomic mass is 79.9. The molecular weight excluding hydrogens is 502 g/mol. The molecule has 0 N–H and O–H groups in total. The Morgan fingerprint density at radius 3 is 2.21 bits per heavy atom. The Hall–Kier alpha value is -3.03. The second kappa shape index (κ2) is 9.45. The first-order chi connectivity index (χ1) is 15.8. The summed E-state index contributed by atoms with van der Waals surface area (Å²) in [5, 5.41) is -1.37. The number of hydrogen-bond donors (Lipinski definition) is 0. The van der Waals surface area contributed by atoms with Gasteiger partial charge >= 0.3 is 0 Å². The van der Waals surface area contributed by atoms with Crippen LogP contribution in [0.3, 0.4) is 0 Å². The third-order valence-corrected chi connectivity index (χ3v) is 8.16. The number of rotatable bonds is 5. The summed E-state index contributed by atoms with van der Waals surface area (Å²) in [6.45, 7) is 1.87. The maximum atomic E-state index is 13.5. The molecule has 0 saturated carbocycles. The molecule has 1 heterocycles. The van der Waals surface area contributed by atoms with E-state index in [1.165, 1.54) is 12.1 Å². The fourth-order valence-corrected chi connectivity index (χ4v) is 5.65. The summed E-state index contributed by atoms with van der Waals surface area (Å²) in [6.07, 6.45) is 1.49. The molecule has 4 rings (SSSR count). The monoisotopic (exact) mass is 523 g/mol. The Balaban J connectivity index is 1.77. The lowest BCUT2D eigenvalue weighted by atomic mass is 9.99. The van der Waals surface area contributed by atoms with Crippen LogP contribution in [0, 0.1) is 6.92 Å². The Kier molecular flexibility index (Phi) is 6.63. The maximum absolute atomic E-state index is 13.5. The van der Waals surface area contributed by atoms with E-state index in [4.69, 9.17) is 0 Å². The molecule has 7 heteroatoms. The molecule has 1 fully saturated rings. The summed E-state index contributed by atoms with van der Waals surface area (Å²) in [6, 6.07) is 22.8. The van der Waals surface area contributed by atoms with E-state index in [9.17, 15) is 18.0 Å². The molecule has 0 aliphatic carbocycles. The fraction of sp³-hybridized carbons (Fsp3) is 0.154. The van der Waals surface area contributed by atoms with E-state index in [0.717, 1.165) is 26.1 Å². The molecule has 33 heavy (non-hydrogen) atoms. The van der Waals surface area contributed by atoms with E-state index in [1.807, 2.05) is 49.4 Å². The van der Waals surface area contributed by atoms with Crippen LogP contribution in [0.1, 0.15) is 23.1 Å². The van der Waals surface area contributed by atoms with Crippen LogP contribution >= 0.6 is 15.9 Å². The van der Waals surface area contributed by atoms with Crippen molar-refractivity contribution in [3.8, 4) is 0 Å². The number of aryl methyl sites for hydroxylation is 1. The SMILES string of the molecule is Cc1ccc(S(=O)(=O)C2C/C(=C\c3ccc(Br)cc3)C(=O)N(Cc3ccccc3)C2=O)cc1. The van der Waals surface area contributed by atoms with Gasteiger partial charge in [-0.05, 0) is 48.4 Å². The highest BCUT2D eigenvalue weighted by molar-refractivity contribution is 9.10. The zero-order valence-corrected chi connectivity index (χ0v) is 20.3. The first kappa shape index (κ1) is 23.1. The molecule has 0 aromatic heterocycles. The quantitative estimate of drug-likeness (QED) is 0.350. The van der Waals surface area contributed by atoms with E-state index in [2.05, 4.69) is 15.9 Å². The number of imide groups is 1. The van der Waals surface area contributed by atoms with E-state index >= 15 is 0 Å². The van der Waals surface area contributed by atoms with Gasteiger partial charge in [0.1, 0.15) is 5.25 Å². The van der Waals surface area contributed by atoms with Gasteiger partial charge in [-0.1, -0.05) is 76.1 Å². The van der Waals surface area contributed by atoms with Crippen LogP contribution in [0.25, 0.3) is 6.08 Å². The lowest BCUT2D eigenvalue weighted by molar-refractivity contribution is -0.145. The van der Waals surface area contributed by atoms with Gasteiger partial charge in [-0.3, -0.25) is 14.5 Å². The number of carbonyl (C=O) groups is 2. The van der Waals surface area contributed by atoms with Crippen molar-refractivity contribution in [2.24, 2.45) is 0 Å². The average Bonchev–Trinajstić information content (AvgIpc) is 2.80. The molecule has 1 atom stereocenters. The highest BCUT2D eigenvalue weighted by Crippen LogP contribution is 2.31. The normalized spacial score (nSPS) is 18.1. The van der Waals surface area contributed by atoms with Crippen LogP contribution in [-0.2, 0) is 26.0 Å². The predicted molar refractivity (Wildman–Crippen MR) is 131 cm³/mol. The zero-order valence-electron chi connectivity index (χ0n) is 17.9. The Morgan fingerprint density at radius 1 is 0.939 bits per heavy atom. The van der Waals surface area contributed by atoms with Crippen molar-refractivity contribution in [3.63, 3.8) is 0 Å². The van der Waals surface area contributed by atoms with Crippen molar-refractivity contribution in [1.29, 1.82) is 0 Å². The molecule has 3 aromatic carbocycles. The van der Waals surface area contributed by atoms with Gasteiger partial charge in [0.15, 0.2) is 9.84 Å². The summed E-state index contributed by atoms with van der Waals surface area (Å²) < 4.78 is 27.8. The minimum Gasteiger partial charge on any atom is -0.273 e. The number of benzene rings is 3. The van der Waals surface area contributed by atoms with E-state index < -0.39 is 26.9 Å². The van der Waals surface area contributed by atoms with Gasteiger partial charge in [0, 0.05) is 16.5 Å². The van der Waals surface area contributed by atoms with Gasteiger partial charge < -0.3 is 0 Å². The number of carbonyl (C=O) groups excluding carboxylic acids is 2. The summed E-state index contributed by atoms with van der Waals surface area (Å²) in [5.74, 6) is -1.17. The first-order valence-corrected chi connectivity index (χ1v) is 12.8. The lowest BCUT2D eigenvalue weighted by Crippen LogP contribution is -2.51. The van der Waals surface area contributed by atoms with Crippen LogP contribution in [-0.4, -0.2) is 30.4 Å². The fourth-order valence-electron chi connectivity index (χ4n) is 3.75. The van der Waals surface area contributed by atoms with Crippen LogP contribution in [0.2, 0.25) is 0 Å². The number of halogens is 1. The second-order valence-corrected chi connectivity index (χ2v) is 11.0. The molecule has 0 spiro atoms. The smallest absolute Gasteiger partial charge is 0.256 e. The van der Waals surface area contributed by atoms with Crippen LogP contribution in [0.15, 0.2) is 93.8 Å². The van der Waals surface area contributed by atoms with Gasteiger partial charge in [-0.25, -0.2) is 8.42 Å². The van der Waals surface area contributed by atoms with Gasteiger partial charge in [-0.15, -0.1) is 0 Å². The van der Waals surface area contributed by atoms with Crippen molar-refractivity contribution in [2.75, 3.05) is 0 Å². The second-order valence-electron chi connectivity index (χ2n) is 7.99. The van der Waals surface area contributed by atoms with Gasteiger partial charge in [0.05, 0.1) is 11.4 Å². The molecule has 0 radical (unpaired) electrons. The summed E-state index contributed by atoms with van der Waals surface area (Å²) in [5.41, 5.74) is 2.70. The molecule has 1 saturated heterocycles. The third kappa shape index (κ3) is 4.99. The van der Waals surface area contributed by atoms with E-state index in [0.29, 0.717) is 0 Å². The van der Waals surface area contributed by atoms with Gasteiger partial charge in [-0.2, -0.15) is 0 Å². The topological polar surface area (TPSA) is 71.5 Å². The Morgan fingerprint density at radius 2 is 1.58 bits per heavy atom. The first-order valence-electron chi connectivity index (χ1n) is 10.4. The third-order valence-electron chi connectivity index (χ3n) is 5.59. The molecule has 2 amide bonds. The van der Waals surface area contributed by atoms with Crippen molar-refractivity contribution in [3.05, 3.63) is 106 Å². The zero-order chi connectivity index (χ0) is 23.6. The molecule has 0 bridgehead atoms. The highest BCUT2D eigenvalue weighted by Gasteiger charge is 2.45. The molecule has 1 aliphatic rings. The number of hydrogen-bond acceptors (Lipinski definition) is 4. The molecule has 1 unspecified atom stereocenters. The molecule has 1 aliphatic heterocycles. The minimum absolute atomic E-state index is 0.0100. The lowest BCUT2D eigenvalue weighted by Gasteiger charge is -2.32. The number of sulfone groups is 1. The summed E-state index contributed by atoms with van der Waals surface area (Å²) in [4.78, 5) is 27.8. The number of likely N-dealkylation sites (tertiary alicyclic amines) is 1. The molecule has 3 aromatic rings. The van der Waals surface area contributed by atoms with Crippen molar-refractivity contribution in [2.45, 2.75) is 30.0 Å². The van der Waals surface area contributed by atoms with Crippen LogP contribution in [0.4, 0.5) is 0 Å². The minimum atomic E-state index is -4.00. The standard InChI is InChI=1S/C26H22BrNO4S/c1-18-7-13-23(14-8-18)33(31,32)24-16-21(15-19-9-11-22(27)12-10-19)25(29)28(26(24)30)17-20-5-3-2-4-6-20/h2-15,24H,16-17H2,1H3/b21-15+. The van der Waals surface area contributed by atoms with E-state index in [1.54, 1.807) is 30.3 Å². The van der Waals surface area contributed by atoms with Crippen molar-refractivity contribution >= 4 is 43.7 Å². The van der Waals surface area contributed by atoms with Crippen molar-refractivity contribution in [1.82, 2.24) is 4.90 Å². The predicted octanol–water partition coefficient (Wildman–Crippen LogP) is 4.94. The number of amides is 2. The molecular formula is C26H22BrNO4S. The Bertz CT molecular complexity index is 1310. The van der Waals surface area contributed by atoms with Crippen molar-refractivity contribution < 1.29 is 18.0 Å². The Labute approximate surface area is 201 Å². The maximum Gasteiger partial charge on any atom is 0.256 e. The van der Waals surface area contributed by atoms with Crippen LogP contribution < -0.4 is 0 Å². The largest absolute Gasteiger partial charge is 0.273 e.